The molecule has 0 saturated heterocycles. The lowest BCUT2D eigenvalue weighted by atomic mass is 9.96. The first-order valence-corrected chi connectivity index (χ1v) is 12.6. The van der Waals surface area contributed by atoms with Crippen LogP contribution in [0.15, 0.2) is 0 Å². The summed E-state index contributed by atoms with van der Waals surface area (Å²) in [5, 5.41) is 30.9. The van der Waals surface area contributed by atoms with Crippen molar-refractivity contribution in [1.82, 2.24) is 9.96 Å². The number of aliphatic hydroxyl groups excluding tert-OH is 1. The van der Waals surface area contributed by atoms with Gasteiger partial charge in [-0.15, -0.1) is 0 Å². The quantitative estimate of drug-likeness (QED) is 0.251. The van der Waals surface area contributed by atoms with E-state index in [-0.39, 0.29) is 5.92 Å². The molecule has 4 atom stereocenters. The van der Waals surface area contributed by atoms with Crippen molar-refractivity contribution in [1.29, 1.82) is 0 Å². The predicted octanol–water partition coefficient (Wildman–Crippen LogP) is 2.77. The minimum Gasteiger partial charge on any atom is -0.480 e. The van der Waals surface area contributed by atoms with E-state index in [1.807, 2.05) is 13.8 Å². The number of likely N-dealkylation sites (N-methyl/N-ethyl adjacent to an activating group) is 1. The SMILES string of the molecule is CCCC(C(O)P(C)(C)=O)N(CC)C(C(=O)N(O)C(C(=O)O)C(C)C)C(C)C. The van der Waals surface area contributed by atoms with Gasteiger partial charge in [0.2, 0.25) is 0 Å². The average molecular weight is 423 g/mol. The zero-order valence-electron chi connectivity index (χ0n) is 18.5. The van der Waals surface area contributed by atoms with E-state index >= 15 is 0 Å². The highest BCUT2D eigenvalue weighted by Gasteiger charge is 2.43. The first-order valence-electron chi connectivity index (χ1n) is 9.95. The van der Waals surface area contributed by atoms with E-state index in [0.717, 1.165) is 0 Å². The monoisotopic (exact) mass is 422 g/mol. The van der Waals surface area contributed by atoms with E-state index in [4.69, 9.17) is 0 Å². The fourth-order valence-electron chi connectivity index (χ4n) is 3.59. The summed E-state index contributed by atoms with van der Waals surface area (Å²) in [6.07, 6.45) is 1.24. The summed E-state index contributed by atoms with van der Waals surface area (Å²) < 4.78 is 12.5. The minimum atomic E-state index is -2.85. The van der Waals surface area contributed by atoms with Crippen LogP contribution in [0.25, 0.3) is 0 Å². The molecule has 0 fully saturated rings. The molecule has 3 N–H and O–H groups in total. The molecule has 0 aromatic rings. The Balaban J connectivity index is 6.09. The standard InChI is InChI=1S/C19H39N2O6P/c1-9-11-14(19(25)28(7,8)27)20(10-2)15(12(3)4)17(22)21(26)16(13(5)6)18(23)24/h12-16,19,25-26H,9-11H2,1-8H3,(H,23,24). The highest BCUT2D eigenvalue weighted by Crippen LogP contribution is 2.45. The molecular weight excluding hydrogens is 383 g/mol. The highest BCUT2D eigenvalue weighted by atomic mass is 31.2. The number of rotatable bonds is 12. The van der Waals surface area contributed by atoms with E-state index in [2.05, 4.69) is 0 Å². The largest absolute Gasteiger partial charge is 0.480 e. The molecule has 0 aliphatic carbocycles. The Morgan fingerprint density at radius 1 is 1.00 bits per heavy atom. The van der Waals surface area contributed by atoms with Crippen LogP contribution in [0.1, 0.15) is 54.4 Å². The van der Waals surface area contributed by atoms with Gasteiger partial charge in [0.25, 0.3) is 5.91 Å². The van der Waals surface area contributed by atoms with Crippen LogP contribution in [0.3, 0.4) is 0 Å². The van der Waals surface area contributed by atoms with Gasteiger partial charge in [-0.05, 0) is 38.1 Å². The van der Waals surface area contributed by atoms with Crippen molar-refractivity contribution in [2.45, 2.75) is 78.4 Å². The molecule has 0 rings (SSSR count). The van der Waals surface area contributed by atoms with Crippen LogP contribution in [0.4, 0.5) is 0 Å². The van der Waals surface area contributed by atoms with Crippen LogP contribution in [0.5, 0.6) is 0 Å². The summed E-state index contributed by atoms with van der Waals surface area (Å²) in [4.78, 5) is 26.4. The molecule has 0 heterocycles. The number of carboxylic acid groups (broad SMARTS) is 1. The first kappa shape index (κ1) is 27.0. The second-order valence-corrected chi connectivity index (χ2v) is 11.8. The molecule has 0 saturated carbocycles. The molecule has 0 aromatic heterocycles. The second-order valence-electron chi connectivity index (χ2n) is 8.43. The van der Waals surface area contributed by atoms with E-state index < -0.39 is 48.9 Å². The van der Waals surface area contributed by atoms with Gasteiger partial charge in [0.15, 0.2) is 6.04 Å². The van der Waals surface area contributed by atoms with Crippen LogP contribution >= 0.6 is 7.14 Å². The van der Waals surface area contributed by atoms with Gasteiger partial charge in [-0.2, -0.15) is 0 Å². The van der Waals surface area contributed by atoms with Gasteiger partial charge in [0.1, 0.15) is 13.0 Å². The molecule has 166 valence electrons. The Hall–Kier alpha value is -0.950. The second kappa shape index (κ2) is 11.3. The molecule has 0 spiro atoms. The summed E-state index contributed by atoms with van der Waals surface area (Å²) >= 11 is 0. The topological polar surface area (TPSA) is 118 Å². The van der Waals surface area contributed by atoms with Gasteiger partial charge in [-0.3, -0.25) is 14.9 Å². The average Bonchev–Trinajstić information content (AvgIpc) is 2.54. The number of carbonyl (C=O) groups is 2. The third kappa shape index (κ3) is 6.83. The number of aliphatic hydroxyl groups is 1. The molecule has 0 bridgehead atoms. The number of amides is 1. The smallest absolute Gasteiger partial charge is 0.329 e. The number of carboxylic acids is 1. The third-order valence-corrected chi connectivity index (χ3v) is 6.59. The first-order chi connectivity index (χ1) is 12.7. The summed E-state index contributed by atoms with van der Waals surface area (Å²) in [7, 11) is -2.85. The molecule has 0 aromatic carbocycles. The van der Waals surface area contributed by atoms with Crippen LogP contribution in [0.2, 0.25) is 0 Å². The van der Waals surface area contributed by atoms with Crippen molar-refractivity contribution < 1.29 is 29.6 Å². The highest BCUT2D eigenvalue weighted by molar-refractivity contribution is 7.62. The third-order valence-electron chi connectivity index (χ3n) is 4.97. The lowest BCUT2D eigenvalue weighted by Gasteiger charge is -2.43. The van der Waals surface area contributed by atoms with Crippen molar-refractivity contribution >= 4 is 19.0 Å². The van der Waals surface area contributed by atoms with E-state index in [1.54, 1.807) is 32.6 Å². The molecular formula is C19H39N2O6P. The Kier molecular flexibility index (Phi) is 10.9. The molecule has 0 radical (unpaired) electrons. The number of nitrogens with zero attached hydrogens (tertiary/aromatic N) is 2. The molecule has 8 nitrogen and oxygen atoms in total. The van der Waals surface area contributed by atoms with Gasteiger partial charge in [0, 0.05) is 6.04 Å². The van der Waals surface area contributed by atoms with Crippen LogP contribution in [0, 0.1) is 11.8 Å². The fraction of sp³-hybridized carbons (Fsp3) is 0.895. The van der Waals surface area contributed by atoms with Gasteiger partial charge in [-0.1, -0.05) is 48.0 Å². The lowest BCUT2D eigenvalue weighted by molar-refractivity contribution is -0.196. The van der Waals surface area contributed by atoms with Crippen molar-refractivity contribution in [3.63, 3.8) is 0 Å². The zero-order valence-corrected chi connectivity index (χ0v) is 19.4. The lowest BCUT2D eigenvalue weighted by Crippen LogP contribution is -2.59. The normalized spacial score (nSPS) is 16.9. The summed E-state index contributed by atoms with van der Waals surface area (Å²) in [6, 6.07) is -2.76. The number of carbonyl (C=O) groups excluding carboxylic acids is 1. The Labute approximate surface area is 169 Å². The molecule has 1 amide bonds. The van der Waals surface area contributed by atoms with E-state index in [0.29, 0.717) is 24.4 Å². The Morgan fingerprint density at radius 3 is 1.75 bits per heavy atom. The van der Waals surface area contributed by atoms with Crippen LogP contribution < -0.4 is 0 Å². The van der Waals surface area contributed by atoms with Crippen molar-refractivity contribution in [2.75, 3.05) is 19.9 Å². The predicted molar refractivity (Wildman–Crippen MR) is 110 cm³/mol. The maximum Gasteiger partial charge on any atom is 0.329 e. The van der Waals surface area contributed by atoms with Gasteiger partial charge < -0.3 is 14.8 Å². The number of hydrogen-bond donors (Lipinski definition) is 3. The van der Waals surface area contributed by atoms with Crippen LogP contribution in [-0.4, -0.2) is 81.1 Å². The number of hydroxylamine groups is 2. The Bertz CT molecular complexity index is 563. The minimum absolute atomic E-state index is 0.261. The summed E-state index contributed by atoms with van der Waals surface area (Å²) in [5.41, 5.74) is 0. The summed E-state index contributed by atoms with van der Waals surface area (Å²) in [6.45, 7) is 14.0. The van der Waals surface area contributed by atoms with Crippen molar-refractivity contribution in [2.24, 2.45) is 11.8 Å². The molecule has 0 aliphatic rings. The molecule has 0 aliphatic heterocycles. The van der Waals surface area contributed by atoms with Crippen molar-refractivity contribution in [3.05, 3.63) is 0 Å². The van der Waals surface area contributed by atoms with Gasteiger partial charge >= 0.3 is 5.97 Å². The number of hydrogen-bond acceptors (Lipinski definition) is 6. The van der Waals surface area contributed by atoms with Crippen molar-refractivity contribution in [3.8, 4) is 0 Å². The van der Waals surface area contributed by atoms with Crippen LogP contribution in [-0.2, 0) is 14.2 Å². The Morgan fingerprint density at radius 2 is 1.46 bits per heavy atom. The maximum atomic E-state index is 13.1. The molecule has 4 unspecified atom stereocenters. The number of aliphatic carboxylic acids is 1. The maximum absolute atomic E-state index is 13.1. The van der Waals surface area contributed by atoms with Gasteiger partial charge in [-0.25, -0.2) is 9.86 Å². The van der Waals surface area contributed by atoms with E-state index in [1.165, 1.54) is 13.3 Å². The molecule has 28 heavy (non-hydrogen) atoms. The van der Waals surface area contributed by atoms with Gasteiger partial charge in [0.05, 0.1) is 6.04 Å². The fourth-order valence-corrected chi connectivity index (χ4v) is 4.74. The summed E-state index contributed by atoms with van der Waals surface area (Å²) in [5.74, 6) is -3.88. The molecule has 9 heteroatoms. The van der Waals surface area contributed by atoms with E-state index in [9.17, 15) is 29.6 Å². The zero-order chi connectivity index (χ0) is 22.4.